The number of ketones is 1. The first-order chi connectivity index (χ1) is 7.50. The van der Waals surface area contributed by atoms with Crippen molar-refractivity contribution in [3.63, 3.8) is 0 Å². The Kier molecular flexibility index (Phi) is 4.02. The molecule has 0 aromatic heterocycles. The molecule has 0 radical (unpaired) electrons. The molecule has 1 rings (SSSR count). The fraction of sp³-hybridized carbons (Fsp3) is 0.273. The standard InChI is InChI=1S/C11H13NO4/c1-7(12)11(15)8-2-4-9(5-3-8)16-6-10(13)14/h2-5,7H,6,12H2,1H3,(H,13,14). The first-order valence-electron chi connectivity index (χ1n) is 4.75. The van der Waals surface area contributed by atoms with Gasteiger partial charge in [0.25, 0.3) is 0 Å². The van der Waals surface area contributed by atoms with Gasteiger partial charge in [0.05, 0.1) is 6.04 Å². The summed E-state index contributed by atoms with van der Waals surface area (Å²) in [6, 6.07) is 5.65. The number of carboxylic acid groups (broad SMARTS) is 1. The van der Waals surface area contributed by atoms with Crippen LogP contribution in [0.5, 0.6) is 5.75 Å². The first kappa shape index (κ1) is 12.2. The number of rotatable bonds is 5. The number of Topliss-reactive ketones (excluding diaryl/α,β-unsaturated/α-hetero) is 1. The summed E-state index contributed by atoms with van der Waals surface area (Å²) in [6.07, 6.45) is 0. The van der Waals surface area contributed by atoms with Gasteiger partial charge < -0.3 is 15.6 Å². The summed E-state index contributed by atoms with van der Waals surface area (Å²) in [5, 5.41) is 8.39. The quantitative estimate of drug-likeness (QED) is 0.716. The number of ether oxygens (including phenoxy) is 1. The van der Waals surface area contributed by atoms with Crippen molar-refractivity contribution in [2.24, 2.45) is 5.73 Å². The number of hydrogen-bond donors (Lipinski definition) is 2. The maximum atomic E-state index is 11.5. The molecule has 0 heterocycles. The Balaban J connectivity index is 2.68. The van der Waals surface area contributed by atoms with Crippen LogP contribution in [0.4, 0.5) is 0 Å². The van der Waals surface area contributed by atoms with E-state index in [-0.39, 0.29) is 5.78 Å². The second kappa shape index (κ2) is 5.27. The number of aliphatic carboxylic acids is 1. The van der Waals surface area contributed by atoms with E-state index < -0.39 is 18.6 Å². The van der Waals surface area contributed by atoms with Crippen molar-refractivity contribution in [3.8, 4) is 5.75 Å². The van der Waals surface area contributed by atoms with Gasteiger partial charge in [-0.15, -0.1) is 0 Å². The summed E-state index contributed by atoms with van der Waals surface area (Å²) in [7, 11) is 0. The molecule has 1 atom stereocenters. The van der Waals surface area contributed by atoms with Crippen LogP contribution in [0.2, 0.25) is 0 Å². The summed E-state index contributed by atoms with van der Waals surface area (Å²) >= 11 is 0. The highest BCUT2D eigenvalue weighted by atomic mass is 16.5. The molecule has 1 unspecified atom stereocenters. The molecule has 5 heteroatoms. The molecule has 1 aromatic rings. The Hall–Kier alpha value is -1.88. The molecular formula is C11H13NO4. The van der Waals surface area contributed by atoms with Crippen molar-refractivity contribution in [1.82, 2.24) is 0 Å². The highest BCUT2D eigenvalue weighted by Crippen LogP contribution is 2.13. The van der Waals surface area contributed by atoms with Gasteiger partial charge in [-0.25, -0.2) is 4.79 Å². The van der Waals surface area contributed by atoms with Crippen LogP contribution in [0.1, 0.15) is 17.3 Å². The number of carbonyl (C=O) groups excluding carboxylic acids is 1. The van der Waals surface area contributed by atoms with Crippen molar-refractivity contribution in [1.29, 1.82) is 0 Å². The molecule has 0 saturated heterocycles. The van der Waals surface area contributed by atoms with Crippen molar-refractivity contribution in [3.05, 3.63) is 29.8 Å². The molecule has 86 valence electrons. The molecule has 3 N–H and O–H groups in total. The minimum atomic E-state index is -1.05. The Bertz CT molecular complexity index is 383. The van der Waals surface area contributed by atoms with E-state index in [1.165, 1.54) is 0 Å². The number of hydrogen-bond acceptors (Lipinski definition) is 4. The van der Waals surface area contributed by atoms with Gasteiger partial charge in [0.2, 0.25) is 0 Å². The van der Waals surface area contributed by atoms with E-state index in [2.05, 4.69) is 0 Å². The second-order valence-electron chi connectivity index (χ2n) is 3.36. The molecule has 0 aliphatic rings. The summed E-state index contributed by atoms with van der Waals surface area (Å²) in [6.45, 7) is 1.21. The van der Waals surface area contributed by atoms with Gasteiger partial charge in [0.1, 0.15) is 5.75 Å². The third-order valence-corrected chi connectivity index (χ3v) is 1.91. The van der Waals surface area contributed by atoms with Crippen molar-refractivity contribution in [2.45, 2.75) is 13.0 Å². The monoisotopic (exact) mass is 223 g/mol. The lowest BCUT2D eigenvalue weighted by Crippen LogP contribution is -2.26. The summed E-state index contributed by atoms with van der Waals surface area (Å²) < 4.78 is 4.92. The molecule has 0 amide bonds. The van der Waals surface area contributed by atoms with Gasteiger partial charge in [-0.2, -0.15) is 0 Å². The Labute approximate surface area is 92.8 Å². The maximum Gasteiger partial charge on any atom is 0.341 e. The van der Waals surface area contributed by atoms with E-state index in [1.54, 1.807) is 31.2 Å². The largest absolute Gasteiger partial charge is 0.482 e. The van der Waals surface area contributed by atoms with E-state index >= 15 is 0 Å². The van der Waals surface area contributed by atoms with Gasteiger partial charge in [0.15, 0.2) is 12.4 Å². The van der Waals surface area contributed by atoms with Gasteiger partial charge >= 0.3 is 5.97 Å². The number of nitrogens with two attached hydrogens (primary N) is 1. The van der Waals surface area contributed by atoms with Crippen LogP contribution < -0.4 is 10.5 Å². The SMILES string of the molecule is CC(N)C(=O)c1ccc(OCC(=O)O)cc1. The maximum absolute atomic E-state index is 11.5. The summed E-state index contributed by atoms with van der Waals surface area (Å²) in [5.41, 5.74) is 5.93. The smallest absolute Gasteiger partial charge is 0.341 e. The molecule has 1 aromatic carbocycles. The zero-order valence-corrected chi connectivity index (χ0v) is 8.84. The number of benzene rings is 1. The number of carboxylic acids is 1. The summed E-state index contributed by atoms with van der Waals surface area (Å²) in [4.78, 5) is 21.7. The van der Waals surface area contributed by atoms with E-state index in [0.29, 0.717) is 11.3 Å². The van der Waals surface area contributed by atoms with Gasteiger partial charge in [-0.1, -0.05) is 0 Å². The Morgan fingerprint density at radius 3 is 2.38 bits per heavy atom. The normalized spacial score (nSPS) is 11.9. The lowest BCUT2D eigenvalue weighted by atomic mass is 10.1. The van der Waals surface area contributed by atoms with Gasteiger partial charge in [-0.05, 0) is 31.2 Å². The predicted octanol–water partition coefficient (Wildman–Crippen LogP) is 0.680. The molecule has 0 spiro atoms. The molecule has 5 nitrogen and oxygen atoms in total. The van der Waals surface area contributed by atoms with E-state index in [9.17, 15) is 9.59 Å². The molecule has 0 aliphatic carbocycles. The predicted molar refractivity (Wildman–Crippen MR) is 57.6 cm³/mol. The third-order valence-electron chi connectivity index (χ3n) is 1.91. The van der Waals surface area contributed by atoms with E-state index in [0.717, 1.165) is 0 Å². The van der Waals surface area contributed by atoms with Gasteiger partial charge in [0, 0.05) is 5.56 Å². The Morgan fingerprint density at radius 2 is 1.94 bits per heavy atom. The average molecular weight is 223 g/mol. The molecular weight excluding hydrogens is 210 g/mol. The topological polar surface area (TPSA) is 89.6 Å². The van der Waals surface area contributed by atoms with Crippen LogP contribution in [-0.2, 0) is 4.79 Å². The Morgan fingerprint density at radius 1 is 1.38 bits per heavy atom. The van der Waals surface area contributed by atoms with Gasteiger partial charge in [-0.3, -0.25) is 4.79 Å². The minimum Gasteiger partial charge on any atom is -0.482 e. The fourth-order valence-electron chi connectivity index (χ4n) is 1.12. The summed E-state index contributed by atoms with van der Waals surface area (Å²) in [5.74, 6) is -0.802. The van der Waals surface area contributed by atoms with Crippen LogP contribution in [0, 0.1) is 0 Å². The molecule has 0 bridgehead atoms. The lowest BCUT2D eigenvalue weighted by molar-refractivity contribution is -0.139. The zero-order chi connectivity index (χ0) is 12.1. The highest BCUT2D eigenvalue weighted by molar-refractivity contribution is 5.99. The second-order valence-corrected chi connectivity index (χ2v) is 3.36. The molecule has 0 fully saturated rings. The van der Waals surface area contributed by atoms with Crippen LogP contribution in [0.15, 0.2) is 24.3 Å². The van der Waals surface area contributed by atoms with Crippen LogP contribution in [0.25, 0.3) is 0 Å². The zero-order valence-electron chi connectivity index (χ0n) is 8.84. The average Bonchev–Trinajstić information content (AvgIpc) is 2.26. The molecule has 0 aliphatic heterocycles. The first-order valence-corrected chi connectivity index (χ1v) is 4.75. The minimum absolute atomic E-state index is 0.162. The van der Waals surface area contributed by atoms with Crippen LogP contribution >= 0.6 is 0 Å². The lowest BCUT2D eigenvalue weighted by Gasteiger charge is -2.06. The van der Waals surface area contributed by atoms with E-state index in [4.69, 9.17) is 15.6 Å². The number of carbonyl (C=O) groups is 2. The third kappa shape index (κ3) is 3.36. The molecule has 0 saturated carbocycles. The highest BCUT2D eigenvalue weighted by Gasteiger charge is 2.10. The van der Waals surface area contributed by atoms with Crippen LogP contribution in [0.3, 0.4) is 0 Å². The molecule has 16 heavy (non-hydrogen) atoms. The fourth-order valence-corrected chi connectivity index (χ4v) is 1.12. The van der Waals surface area contributed by atoms with E-state index in [1.807, 2.05) is 0 Å². The van der Waals surface area contributed by atoms with Crippen molar-refractivity contribution < 1.29 is 19.4 Å². The van der Waals surface area contributed by atoms with Crippen molar-refractivity contribution >= 4 is 11.8 Å². The van der Waals surface area contributed by atoms with Crippen molar-refractivity contribution in [2.75, 3.05) is 6.61 Å². The van der Waals surface area contributed by atoms with Crippen LogP contribution in [-0.4, -0.2) is 29.5 Å².